The molecule has 1 heterocycles. The van der Waals surface area contributed by atoms with E-state index in [1.807, 2.05) is 49.4 Å². The largest absolute Gasteiger partial charge is 0.497 e. The molecule has 0 unspecified atom stereocenters. The van der Waals surface area contributed by atoms with Crippen LogP contribution in [0.1, 0.15) is 18.2 Å². The summed E-state index contributed by atoms with van der Waals surface area (Å²) in [6.07, 6.45) is 1.67. The van der Waals surface area contributed by atoms with Gasteiger partial charge in [-0.25, -0.2) is 0 Å². The minimum absolute atomic E-state index is 0.359. The van der Waals surface area contributed by atoms with Gasteiger partial charge in [-0.1, -0.05) is 17.8 Å². The Kier molecular flexibility index (Phi) is 7.03. The lowest BCUT2D eigenvalue weighted by Crippen LogP contribution is -2.03. The van der Waals surface area contributed by atoms with Crippen molar-refractivity contribution < 1.29 is 19.0 Å². The lowest BCUT2D eigenvalue weighted by Gasteiger charge is -2.15. The smallest absolute Gasteiger partial charge is 0.162 e. The first-order valence-corrected chi connectivity index (χ1v) is 9.91. The highest BCUT2D eigenvalue weighted by Gasteiger charge is 2.18. The van der Waals surface area contributed by atoms with E-state index in [9.17, 15) is 0 Å². The molecule has 0 aliphatic rings. The third-order valence-electron chi connectivity index (χ3n) is 5.04. The van der Waals surface area contributed by atoms with Gasteiger partial charge in [0.25, 0.3) is 0 Å². The van der Waals surface area contributed by atoms with E-state index >= 15 is 0 Å². The van der Waals surface area contributed by atoms with Crippen molar-refractivity contribution in [1.29, 1.82) is 0 Å². The molecule has 6 nitrogen and oxygen atoms in total. The molecule has 2 aromatic carbocycles. The number of benzene rings is 2. The molecule has 31 heavy (non-hydrogen) atoms. The third-order valence-corrected chi connectivity index (χ3v) is 5.04. The van der Waals surface area contributed by atoms with Gasteiger partial charge in [0.2, 0.25) is 0 Å². The van der Waals surface area contributed by atoms with Gasteiger partial charge in [0.15, 0.2) is 11.5 Å². The van der Waals surface area contributed by atoms with Gasteiger partial charge < -0.3 is 23.6 Å². The van der Waals surface area contributed by atoms with Gasteiger partial charge in [0, 0.05) is 23.0 Å². The number of hydrogen-bond donors (Lipinski definition) is 0. The number of nitrogens with zero attached hydrogens (tertiary/aromatic N) is 2. The predicted octanol–water partition coefficient (Wildman–Crippen LogP) is 5.41. The van der Waals surface area contributed by atoms with Crippen molar-refractivity contribution in [3.05, 3.63) is 72.4 Å². The lowest BCUT2D eigenvalue weighted by atomic mass is 10.1. The summed E-state index contributed by atoms with van der Waals surface area (Å²) in [5.74, 6) is 2.15. The Bertz CT molecular complexity index is 1080. The van der Waals surface area contributed by atoms with Crippen LogP contribution >= 0.6 is 0 Å². The molecule has 0 radical (unpaired) electrons. The summed E-state index contributed by atoms with van der Waals surface area (Å²) in [7, 11) is 4.92. The molecule has 0 amide bonds. The average Bonchev–Trinajstić information content (AvgIpc) is 3.15. The summed E-state index contributed by atoms with van der Waals surface area (Å²) in [6.45, 7) is 8.01. The first-order valence-electron chi connectivity index (χ1n) is 9.91. The van der Waals surface area contributed by atoms with E-state index in [4.69, 9.17) is 19.0 Å². The maximum atomic E-state index is 5.53. The van der Waals surface area contributed by atoms with Crippen LogP contribution in [0.3, 0.4) is 0 Å². The molecule has 0 spiro atoms. The van der Waals surface area contributed by atoms with Crippen LogP contribution in [0.25, 0.3) is 16.9 Å². The molecule has 0 saturated carbocycles. The van der Waals surface area contributed by atoms with Crippen LogP contribution in [0, 0.1) is 6.92 Å². The Morgan fingerprint density at radius 1 is 0.968 bits per heavy atom. The number of hydrogen-bond acceptors (Lipinski definition) is 5. The van der Waals surface area contributed by atoms with Crippen LogP contribution in [0.4, 0.5) is 0 Å². The zero-order valence-corrected chi connectivity index (χ0v) is 18.6. The van der Waals surface area contributed by atoms with Gasteiger partial charge in [-0.2, -0.15) is 0 Å². The molecule has 6 heteroatoms. The number of ether oxygens (including phenoxy) is 3. The first-order chi connectivity index (χ1) is 15.0. The summed E-state index contributed by atoms with van der Waals surface area (Å²) in [5.41, 5.74) is 5.82. The molecule has 3 aromatic rings. The molecule has 0 aliphatic carbocycles. The molecule has 0 fully saturated rings. The zero-order chi connectivity index (χ0) is 22.4. The van der Waals surface area contributed by atoms with Crippen molar-refractivity contribution in [2.45, 2.75) is 13.8 Å². The standard InChI is InChI=1S/C25H28N2O4/c1-7-14-31-26-17(2)22-16-23(19-8-11-21(28-4)12-9-19)27(18(22)3)20-10-13-24(29-5)25(15-20)30-6/h7-13,15-16H,1,14H2,2-6H3/b26-17+. The fourth-order valence-corrected chi connectivity index (χ4v) is 3.48. The Hall–Kier alpha value is -3.67. The van der Waals surface area contributed by atoms with E-state index in [-0.39, 0.29) is 0 Å². The van der Waals surface area contributed by atoms with Gasteiger partial charge in [-0.05, 0) is 61.9 Å². The van der Waals surface area contributed by atoms with Crippen molar-refractivity contribution in [3.63, 3.8) is 0 Å². The number of aromatic nitrogens is 1. The molecular formula is C25H28N2O4. The molecule has 3 rings (SSSR count). The van der Waals surface area contributed by atoms with Crippen molar-refractivity contribution in [1.82, 2.24) is 4.57 Å². The molecule has 162 valence electrons. The highest BCUT2D eigenvalue weighted by molar-refractivity contribution is 6.01. The molecule has 0 aliphatic heterocycles. The monoisotopic (exact) mass is 420 g/mol. The van der Waals surface area contributed by atoms with Crippen LogP contribution in [0.2, 0.25) is 0 Å². The Balaban J connectivity index is 2.19. The minimum Gasteiger partial charge on any atom is -0.497 e. The zero-order valence-electron chi connectivity index (χ0n) is 18.6. The predicted molar refractivity (Wildman–Crippen MR) is 124 cm³/mol. The molecule has 0 bridgehead atoms. The molecule has 0 N–H and O–H groups in total. The van der Waals surface area contributed by atoms with E-state index in [2.05, 4.69) is 29.3 Å². The Morgan fingerprint density at radius 3 is 2.29 bits per heavy atom. The molecule has 0 saturated heterocycles. The summed E-state index contributed by atoms with van der Waals surface area (Å²) < 4.78 is 18.4. The highest BCUT2D eigenvalue weighted by atomic mass is 16.6. The SMILES string of the molecule is C=CCO/N=C(\C)c1cc(-c2ccc(OC)cc2)n(-c2ccc(OC)c(OC)c2)c1C. The minimum atomic E-state index is 0.359. The van der Waals surface area contributed by atoms with Gasteiger partial charge in [0.05, 0.1) is 32.7 Å². The lowest BCUT2D eigenvalue weighted by molar-refractivity contribution is 0.175. The van der Waals surface area contributed by atoms with E-state index in [0.717, 1.165) is 39.7 Å². The molecule has 0 atom stereocenters. The Labute approximate surface area is 183 Å². The second-order valence-corrected chi connectivity index (χ2v) is 6.89. The van der Waals surface area contributed by atoms with Crippen molar-refractivity contribution in [2.24, 2.45) is 5.16 Å². The van der Waals surface area contributed by atoms with E-state index < -0.39 is 0 Å². The van der Waals surface area contributed by atoms with Crippen LogP contribution in [0.15, 0.2) is 66.3 Å². The van der Waals surface area contributed by atoms with Crippen molar-refractivity contribution in [2.75, 3.05) is 27.9 Å². The summed E-state index contributed by atoms with van der Waals surface area (Å²) in [4.78, 5) is 5.32. The first kappa shape index (κ1) is 22.0. The van der Waals surface area contributed by atoms with Gasteiger partial charge in [0.1, 0.15) is 12.4 Å². The van der Waals surface area contributed by atoms with E-state index in [0.29, 0.717) is 18.1 Å². The third kappa shape index (κ3) is 4.58. The second-order valence-electron chi connectivity index (χ2n) is 6.89. The van der Waals surface area contributed by atoms with Crippen LogP contribution < -0.4 is 14.2 Å². The fraction of sp³-hybridized carbons (Fsp3) is 0.240. The Morgan fingerprint density at radius 2 is 1.68 bits per heavy atom. The second kappa shape index (κ2) is 9.89. The summed E-state index contributed by atoms with van der Waals surface area (Å²) >= 11 is 0. The number of rotatable bonds is 9. The summed E-state index contributed by atoms with van der Waals surface area (Å²) in [5, 5.41) is 4.24. The summed E-state index contributed by atoms with van der Waals surface area (Å²) in [6, 6.07) is 16.0. The number of oxime groups is 1. The fourth-order valence-electron chi connectivity index (χ4n) is 3.48. The normalized spacial score (nSPS) is 11.2. The van der Waals surface area contributed by atoms with Crippen molar-refractivity contribution in [3.8, 4) is 34.2 Å². The maximum absolute atomic E-state index is 5.53. The number of methoxy groups -OCH3 is 3. The van der Waals surface area contributed by atoms with Crippen LogP contribution in [-0.4, -0.2) is 38.2 Å². The topological polar surface area (TPSA) is 54.2 Å². The quantitative estimate of drug-likeness (QED) is 0.201. The maximum Gasteiger partial charge on any atom is 0.162 e. The highest BCUT2D eigenvalue weighted by Crippen LogP contribution is 2.35. The van der Waals surface area contributed by atoms with Gasteiger partial charge in [-0.15, -0.1) is 0 Å². The van der Waals surface area contributed by atoms with Crippen molar-refractivity contribution >= 4 is 5.71 Å². The van der Waals surface area contributed by atoms with E-state index in [1.165, 1.54) is 0 Å². The van der Waals surface area contributed by atoms with E-state index in [1.54, 1.807) is 27.4 Å². The average molecular weight is 421 g/mol. The van der Waals surface area contributed by atoms with Gasteiger partial charge in [-0.3, -0.25) is 0 Å². The van der Waals surface area contributed by atoms with Crippen LogP contribution in [-0.2, 0) is 4.84 Å². The molecule has 1 aromatic heterocycles. The van der Waals surface area contributed by atoms with Gasteiger partial charge >= 0.3 is 0 Å². The van der Waals surface area contributed by atoms with Crippen LogP contribution in [0.5, 0.6) is 17.2 Å². The molecular weight excluding hydrogens is 392 g/mol.